The first kappa shape index (κ1) is 15.2. The Bertz CT molecular complexity index is 695. The van der Waals surface area contributed by atoms with Crippen LogP contribution in [0, 0.1) is 16.0 Å². The molecule has 6 nitrogen and oxygen atoms in total. The molecule has 2 aromatic rings. The van der Waals surface area contributed by atoms with Crippen molar-refractivity contribution < 1.29 is 9.72 Å². The lowest BCUT2D eigenvalue weighted by Gasteiger charge is -2.03. The number of carbonyl (C=O) groups excluding carboxylic acids is 1. The zero-order valence-corrected chi connectivity index (χ0v) is 12.4. The second-order valence-electron chi connectivity index (χ2n) is 5.06. The fraction of sp³-hybridized carbons (Fsp3) is 0.286. The monoisotopic (exact) mass is 307 g/mol. The van der Waals surface area contributed by atoms with Gasteiger partial charge in [-0.2, -0.15) is 5.10 Å². The van der Waals surface area contributed by atoms with Crippen molar-refractivity contribution in [3.63, 3.8) is 0 Å². The summed E-state index contributed by atoms with van der Waals surface area (Å²) in [7, 11) is 0. The minimum atomic E-state index is -0.490. The zero-order valence-electron chi connectivity index (χ0n) is 11.6. The summed E-state index contributed by atoms with van der Waals surface area (Å²) in [6.07, 6.45) is 1.27. The summed E-state index contributed by atoms with van der Waals surface area (Å²) in [6.45, 7) is 4.02. The highest BCUT2D eigenvalue weighted by Crippen LogP contribution is 2.25. The molecule has 110 valence electrons. The van der Waals surface area contributed by atoms with Gasteiger partial charge in [0.15, 0.2) is 6.29 Å². The van der Waals surface area contributed by atoms with E-state index in [1.165, 1.54) is 16.8 Å². The first-order chi connectivity index (χ1) is 9.93. The summed E-state index contributed by atoms with van der Waals surface area (Å²) < 4.78 is 1.36. The molecule has 21 heavy (non-hydrogen) atoms. The number of benzene rings is 1. The van der Waals surface area contributed by atoms with E-state index in [2.05, 4.69) is 5.10 Å². The van der Waals surface area contributed by atoms with Crippen molar-refractivity contribution in [2.75, 3.05) is 0 Å². The summed E-state index contributed by atoms with van der Waals surface area (Å²) in [4.78, 5) is 21.5. The summed E-state index contributed by atoms with van der Waals surface area (Å²) in [6, 6.07) is 5.96. The van der Waals surface area contributed by atoms with E-state index in [4.69, 9.17) is 11.6 Å². The van der Waals surface area contributed by atoms with Crippen LogP contribution >= 0.6 is 11.6 Å². The second-order valence-corrected chi connectivity index (χ2v) is 5.41. The molecule has 0 saturated heterocycles. The molecule has 0 aliphatic carbocycles. The van der Waals surface area contributed by atoms with E-state index in [1.54, 1.807) is 12.1 Å². The van der Waals surface area contributed by atoms with Crippen LogP contribution in [0.2, 0.25) is 5.15 Å². The Hall–Kier alpha value is -2.21. The number of aldehydes is 1. The van der Waals surface area contributed by atoms with Gasteiger partial charge in [-0.05, 0) is 18.4 Å². The normalized spacial score (nSPS) is 10.9. The number of hydrogen-bond acceptors (Lipinski definition) is 4. The van der Waals surface area contributed by atoms with Crippen LogP contribution in [0.25, 0.3) is 5.69 Å². The molecule has 0 saturated carbocycles. The SMILES string of the molecule is CC(C)Cc1nn(-c2cccc([N+](=O)[O-])c2)c(Cl)c1C=O. The van der Waals surface area contributed by atoms with Crippen molar-refractivity contribution in [1.82, 2.24) is 9.78 Å². The predicted octanol–water partition coefficient (Wildman–Crippen LogP) is 3.44. The molecule has 0 amide bonds. The Morgan fingerprint density at radius 3 is 2.76 bits per heavy atom. The van der Waals surface area contributed by atoms with Crippen LogP contribution in [0.1, 0.15) is 29.9 Å². The summed E-state index contributed by atoms with van der Waals surface area (Å²) in [5.41, 5.74) is 1.32. The van der Waals surface area contributed by atoms with Crippen molar-refractivity contribution in [1.29, 1.82) is 0 Å². The van der Waals surface area contributed by atoms with Gasteiger partial charge in [0.2, 0.25) is 0 Å². The fourth-order valence-electron chi connectivity index (χ4n) is 2.02. The molecule has 0 aliphatic heterocycles. The van der Waals surface area contributed by atoms with Crippen molar-refractivity contribution in [3.8, 4) is 5.69 Å². The van der Waals surface area contributed by atoms with Crippen molar-refractivity contribution in [2.24, 2.45) is 5.92 Å². The number of halogens is 1. The van der Waals surface area contributed by atoms with E-state index in [1.807, 2.05) is 13.8 Å². The van der Waals surface area contributed by atoms with Gasteiger partial charge < -0.3 is 0 Å². The Labute approximate surface area is 126 Å². The third kappa shape index (κ3) is 3.11. The van der Waals surface area contributed by atoms with Gasteiger partial charge in [0.25, 0.3) is 5.69 Å². The highest BCUT2D eigenvalue weighted by molar-refractivity contribution is 6.32. The number of nitro groups is 1. The molecule has 0 aliphatic rings. The van der Waals surface area contributed by atoms with Gasteiger partial charge in [-0.15, -0.1) is 0 Å². The van der Waals surface area contributed by atoms with Gasteiger partial charge in [0, 0.05) is 12.1 Å². The van der Waals surface area contributed by atoms with Crippen LogP contribution in [-0.2, 0) is 6.42 Å². The van der Waals surface area contributed by atoms with Crippen LogP contribution in [-0.4, -0.2) is 21.0 Å². The Balaban J connectivity index is 2.54. The van der Waals surface area contributed by atoms with Crippen LogP contribution in [0.15, 0.2) is 24.3 Å². The van der Waals surface area contributed by atoms with Gasteiger partial charge in [0.1, 0.15) is 5.15 Å². The van der Waals surface area contributed by atoms with E-state index >= 15 is 0 Å². The molecule has 0 unspecified atom stereocenters. The quantitative estimate of drug-likeness (QED) is 0.481. The lowest BCUT2D eigenvalue weighted by Crippen LogP contribution is -2.00. The molecular formula is C14H14ClN3O3. The largest absolute Gasteiger partial charge is 0.298 e. The highest BCUT2D eigenvalue weighted by Gasteiger charge is 2.18. The van der Waals surface area contributed by atoms with E-state index in [0.717, 1.165) is 0 Å². The van der Waals surface area contributed by atoms with Gasteiger partial charge in [-0.3, -0.25) is 14.9 Å². The third-order valence-corrected chi connectivity index (χ3v) is 3.31. The number of non-ortho nitro benzene ring substituents is 1. The number of hydrogen-bond donors (Lipinski definition) is 0. The number of nitro benzene ring substituents is 1. The minimum absolute atomic E-state index is 0.0582. The van der Waals surface area contributed by atoms with Crippen molar-refractivity contribution in [2.45, 2.75) is 20.3 Å². The first-order valence-corrected chi connectivity index (χ1v) is 6.79. The van der Waals surface area contributed by atoms with Crippen molar-refractivity contribution in [3.05, 3.63) is 50.8 Å². The number of rotatable bonds is 5. The molecule has 0 bridgehead atoms. The zero-order chi connectivity index (χ0) is 15.6. The molecule has 0 atom stereocenters. The number of aromatic nitrogens is 2. The van der Waals surface area contributed by atoms with Gasteiger partial charge in [-0.1, -0.05) is 31.5 Å². The summed E-state index contributed by atoms with van der Waals surface area (Å²) in [5, 5.41) is 15.3. The molecule has 0 radical (unpaired) electrons. The fourth-order valence-corrected chi connectivity index (χ4v) is 2.30. The number of nitrogens with zero attached hydrogens (tertiary/aromatic N) is 3. The molecule has 0 spiro atoms. The Morgan fingerprint density at radius 2 is 2.19 bits per heavy atom. The van der Waals surface area contributed by atoms with Crippen LogP contribution in [0.3, 0.4) is 0 Å². The predicted molar refractivity (Wildman–Crippen MR) is 79.2 cm³/mol. The Kier molecular flexibility index (Phi) is 4.37. The molecule has 1 heterocycles. The lowest BCUT2D eigenvalue weighted by molar-refractivity contribution is -0.384. The van der Waals surface area contributed by atoms with Crippen molar-refractivity contribution >= 4 is 23.6 Å². The number of carbonyl (C=O) groups is 1. The smallest absolute Gasteiger partial charge is 0.271 e. The van der Waals surface area contributed by atoms with E-state index < -0.39 is 4.92 Å². The van der Waals surface area contributed by atoms with E-state index in [9.17, 15) is 14.9 Å². The molecular weight excluding hydrogens is 294 g/mol. The van der Waals surface area contributed by atoms with E-state index in [-0.39, 0.29) is 10.8 Å². The van der Waals surface area contributed by atoms with E-state index in [0.29, 0.717) is 35.6 Å². The second kappa shape index (κ2) is 6.05. The maximum atomic E-state index is 11.2. The maximum Gasteiger partial charge on any atom is 0.271 e. The molecule has 0 N–H and O–H groups in total. The summed E-state index contributed by atoms with van der Waals surface area (Å²) in [5.74, 6) is 0.313. The van der Waals surface area contributed by atoms with Gasteiger partial charge >= 0.3 is 0 Å². The van der Waals surface area contributed by atoms with Crippen LogP contribution in [0.4, 0.5) is 5.69 Å². The van der Waals surface area contributed by atoms with Crippen LogP contribution < -0.4 is 0 Å². The maximum absolute atomic E-state index is 11.2. The topological polar surface area (TPSA) is 78.0 Å². The van der Waals surface area contributed by atoms with Gasteiger partial charge in [-0.25, -0.2) is 4.68 Å². The first-order valence-electron chi connectivity index (χ1n) is 6.41. The van der Waals surface area contributed by atoms with Gasteiger partial charge in [0.05, 0.1) is 21.9 Å². The average molecular weight is 308 g/mol. The standard InChI is InChI=1S/C14H14ClN3O3/c1-9(2)6-13-12(8-19)14(15)17(16-13)10-4-3-5-11(7-10)18(20)21/h3-5,7-9H,6H2,1-2H3. The lowest BCUT2D eigenvalue weighted by atomic mass is 10.1. The molecule has 1 aromatic carbocycles. The van der Waals surface area contributed by atoms with Crippen LogP contribution in [0.5, 0.6) is 0 Å². The molecule has 7 heteroatoms. The average Bonchev–Trinajstić information content (AvgIpc) is 2.74. The molecule has 0 fully saturated rings. The third-order valence-electron chi connectivity index (χ3n) is 2.94. The highest BCUT2D eigenvalue weighted by atomic mass is 35.5. The summed E-state index contributed by atoms with van der Waals surface area (Å²) >= 11 is 6.18. The molecule has 1 aromatic heterocycles. The Morgan fingerprint density at radius 1 is 1.48 bits per heavy atom. The minimum Gasteiger partial charge on any atom is -0.298 e. The molecule has 2 rings (SSSR count).